The number of amides is 1. The molecule has 24 heteroatoms. The van der Waals surface area contributed by atoms with Crippen LogP contribution in [0.2, 0.25) is 0 Å². The highest BCUT2D eigenvalue weighted by molar-refractivity contribution is 7.98. The number of benzene rings is 3. The lowest BCUT2D eigenvalue weighted by atomic mass is 10.1. The van der Waals surface area contributed by atoms with Gasteiger partial charge in [0.25, 0.3) is 11.9 Å². The molecule has 1 amide bonds. The largest absolute Gasteiger partial charge is 0.482 e. The lowest BCUT2D eigenvalue weighted by Crippen LogP contribution is -2.39. The number of carbonyl (C=O) groups is 1. The highest BCUT2D eigenvalue weighted by atomic mass is 32.2. The molecule has 302 valence electrons. The molecule has 3 aromatic carbocycles. The van der Waals surface area contributed by atoms with E-state index >= 15 is 0 Å². The SMILES string of the molecule is Cn1nnnc1-n1c(SCc2csc(NC(=O)C(F)(F)Oc3ccccc3)n2)nc2cc(-c3ccc(CSc4nc5c(F)cc(F)cc5n4-c4nnnn4C)nc3)ccc21. The molecule has 9 rings (SSSR count). The summed E-state index contributed by atoms with van der Waals surface area (Å²) in [5.74, 6) is -2.11. The number of anilines is 1. The molecule has 0 fully saturated rings. The van der Waals surface area contributed by atoms with Gasteiger partial charge in [-0.05, 0) is 56.7 Å². The van der Waals surface area contributed by atoms with Crippen molar-refractivity contribution in [3.05, 3.63) is 107 Å². The number of thioether (sulfide) groups is 2. The number of carbonyl (C=O) groups excluding carboxylic acids is 1. The Morgan fingerprint density at radius 1 is 0.800 bits per heavy atom. The molecule has 6 heterocycles. The third-order valence-electron chi connectivity index (χ3n) is 8.75. The molecule has 0 bridgehead atoms. The zero-order valence-electron chi connectivity index (χ0n) is 30.8. The van der Waals surface area contributed by atoms with Crippen LogP contribution in [0, 0.1) is 11.6 Å². The fourth-order valence-corrected chi connectivity index (χ4v) is 8.59. The molecule has 0 atom stereocenters. The minimum absolute atomic E-state index is 0.0152. The number of para-hydroxylation sites is 1. The molecule has 0 unspecified atom stereocenters. The number of imidazole rings is 2. The van der Waals surface area contributed by atoms with E-state index in [1.807, 2.05) is 30.3 Å². The van der Waals surface area contributed by atoms with Gasteiger partial charge in [0.2, 0.25) is 0 Å². The maximum atomic E-state index is 14.7. The first-order valence-corrected chi connectivity index (χ1v) is 20.3. The maximum absolute atomic E-state index is 14.7. The summed E-state index contributed by atoms with van der Waals surface area (Å²) >= 11 is 3.57. The van der Waals surface area contributed by atoms with E-state index in [-0.39, 0.29) is 33.6 Å². The van der Waals surface area contributed by atoms with Crippen LogP contribution in [-0.2, 0) is 30.4 Å². The topological polar surface area (TPSA) is 187 Å². The number of halogens is 4. The summed E-state index contributed by atoms with van der Waals surface area (Å²) in [5, 5.41) is 28.1. The van der Waals surface area contributed by atoms with Gasteiger partial charge in [0.05, 0.1) is 27.9 Å². The first-order valence-electron chi connectivity index (χ1n) is 17.4. The van der Waals surface area contributed by atoms with Gasteiger partial charge in [0.1, 0.15) is 17.1 Å². The molecule has 0 saturated heterocycles. The number of aryl methyl sites for hydroxylation is 2. The number of pyridine rings is 1. The molecule has 0 aliphatic carbocycles. The van der Waals surface area contributed by atoms with E-state index in [0.717, 1.165) is 28.5 Å². The fourth-order valence-electron chi connectivity index (χ4n) is 5.97. The number of aromatic nitrogens is 14. The van der Waals surface area contributed by atoms with Crippen LogP contribution in [0.25, 0.3) is 45.1 Å². The van der Waals surface area contributed by atoms with Crippen molar-refractivity contribution in [3.8, 4) is 28.8 Å². The molecule has 9 aromatic rings. The summed E-state index contributed by atoms with van der Waals surface area (Å²) in [4.78, 5) is 30.7. The number of nitrogens with zero attached hydrogens (tertiary/aromatic N) is 14. The average Bonchev–Trinajstić information content (AvgIpc) is 4.08. The lowest BCUT2D eigenvalue weighted by molar-refractivity contribution is -0.187. The number of hydrogen-bond donors (Lipinski definition) is 1. The standard InChI is InChI=1S/C36H25F4N15O2S3/c1-52-32(46-48-50-52)54-27-11-9-19(12-26(27)43-34(54)60-18-23-17-58-31(42-23)45-30(56)36(39,40)57-24-6-4-3-5-7-24)20-8-10-22(41-15-20)16-59-35-44-29-25(38)13-21(37)14-28(29)55(35)33-47-49-51-53(33)2/h3-15,17H,16,18H2,1-2H3,(H,42,45,56). The highest BCUT2D eigenvalue weighted by Crippen LogP contribution is 2.34. The zero-order chi connectivity index (χ0) is 41.5. The van der Waals surface area contributed by atoms with E-state index in [2.05, 4.69) is 56.1 Å². The van der Waals surface area contributed by atoms with E-state index in [0.29, 0.717) is 44.4 Å². The predicted octanol–water partition coefficient (Wildman–Crippen LogP) is 6.40. The van der Waals surface area contributed by atoms with Crippen LogP contribution in [0.4, 0.5) is 22.7 Å². The Hall–Kier alpha value is -6.79. The van der Waals surface area contributed by atoms with E-state index in [9.17, 15) is 22.4 Å². The van der Waals surface area contributed by atoms with Crippen molar-refractivity contribution in [2.75, 3.05) is 5.32 Å². The molecule has 0 spiro atoms. The maximum Gasteiger partial charge on any atom is 0.482 e. The quantitative estimate of drug-likeness (QED) is 0.0990. The van der Waals surface area contributed by atoms with Crippen LogP contribution < -0.4 is 10.1 Å². The van der Waals surface area contributed by atoms with Crippen LogP contribution in [0.3, 0.4) is 0 Å². The number of rotatable bonds is 13. The Morgan fingerprint density at radius 3 is 2.17 bits per heavy atom. The van der Waals surface area contributed by atoms with Gasteiger partial charge in [-0.1, -0.05) is 64.1 Å². The average molecular weight is 872 g/mol. The van der Waals surface area contributed by atoms with Crippen LogP contribution >= 0.6 is 34.9 Å². The highest BCUT2D eigenvalue weighted by Gasteiger charge is 2.42. The van der Waals surface area contributed by atoms with Crippen LogP contribution in [0.15, 0.2) is 94.7 Å². The number of tetrazole rings is 2. The van der Waals surface area contributed by atoms with E-state index in [4.69, 9.17) is 4.98 Å². The number of fused-ring (bicyclic) bond motifs is 2. The minimum Gasteiger partial charge on any atom is -0.425 e. The van der Waals surface area contributed by atoms with Gasteiger partial charge in [-0.15, -0.1) is 11.3 Å². The molecule has 0 aliphatic heterocycles. The van der Waals surface area contributed by atoms with Gasteiger partial charge in [-0.3, -0.25) is 24.2 Å². The Labute approximate surface area is 346 Å². The summed E-state index contributed by atoms with van der Waals surface area (Å²) in [6.07, 6.45) is -2.40. The summed E-state index contributed by atoms with van der Waals surface area (Å²) in [6.45, 7) is 0. The normalized spacial score (nSPS) is 11.8. The van der Waals surface area contributed by atoms with Gasteiger partial charge in [0.15, 0.2) is 21.3 Å². The summed E-state index contributed by atoms with van der Waals surface area (Å²) in [5.41, 5.74) is 4.35. The predicted molar refractivity (Wildman–Crippen MR) is 212 cm³/mol. The van der Waals surface area contributed by atoms with Gasteiger partial charge >= 0.3 is 12.0 Å². The minimum atomic E-state index is -4.13. The summed E-state index contributed by atoms with van der Waals surface area (Å²) < 4.78 is 68.8. The second-order valence-electron chi connectivity index (χ2n) is 12.8. The van der Waals surface area contributed by atoms with Crippen molar-refractivity contribution < 1.29 is 27.1 Å². The van der Waals surface area contributed by atoms with Gasteiger partial charge in [-0.2, -0.15) is 8.78 Å². The molecule has 17 nitrogen and oxygen atoms in total. The molecule has 0 saturated carbocycles. The number of hydrogen-bond acceptors (Lipinski definition) is 15. The molecule has 1 N–H and O–H groups in total. The first-order chi connectivity index (χ1) is 29.0. The second-order valence-corrected chi connectivity index (χ2v) is 15.5. The smallest absolute Gasteiger partial charge is 0.425 e. The van der Waals surface area contributed by atoms with Crippen molar-refractivity contribution in [1.82, 2.24) is 69.5 Å². The molecular formula is C36H25F4N15O2S3. The number of nitrogens with one attached hydrogen (secondary N) is 1. The Bertz CT molecular complexity index is 3020. The Morgan fingerprint density at radius 2 is 1.48 bits per heavy atom. The molecule has 60 heavy (non-hydrogen) atoms. The van der Waals surface area contributed by atoms with E-state index in [1.165, 1.54) is 67.8 Å². The van der Waals surface area contributed by atoms with Crippen LogP contribution in [0.1, 0.15) is 11.4 Å². The molecule has 0 aliphatic rings. The van der Waals surface area contributed by atoms with Crippen molar-refractivity contribution in [2.24, 2.45) is 14.1 Å². The third kappa shape index (κ3) is 7.61. The molecular weight excluding hydrogens is 847 g/mol. The van der Waals surface area contributed by atoms with Gasteiger partial charge in [-0.25, -0.2) is 33.1 Å². The van der Waals surface area contributed by atoms with Crippen LogP contribution in [-0.4, -0.2) is 81.5 Å². The van der Waals surface area contributed by atoms with Crippen molar-refractivity contribution in [2.45, 2.75) is 27.9 Å². The van der Waals surface area contributed by atoms with Crippen molar-refractivity contribution in [3.63, 3.8) is 0 Å². The van der Waals surface area contributed by atoms with Crippen molar-refractivity contribution in [1.29, 1.82) is 0 Å². The monoisotopic (exact) mass is 871 g/mol. The lowest BCUT2D eigenvalue weighted by Gasteiger charge is -2.16. The number of thiazole rings is 1. The fraction of sp³-hybridized carbons (Fsp3) is 0.139. The Balaban J connectivity index is 0.919. The van der Waals surface area contributed by atoms with Gasteiger partial charge < -0.3 is 4.74 Å². The second kappa shape index (κ2) is 15.8. The number of alkyl halides is 2. The Kier molecular flexibility index (Phi) is 10.2. The van der Waals surface area contributed by atoms with Crippen LogP contribution in [0.5, 0.6) is 5.75 Å². The summed E-state index contributed by atoms with van der Waals surface area (Å²) in [7, 11) is 3.31. The molecule has 6 aromatic heterocycles. The van der Waals surface area contributed by atoms with Gasteiger partial charge in [0, 0.05) is 54.9 Å². The third-order valence-corrected chi connectivity index (χ3v) is 11.5. The zero-order valence-corrected chi connectivity index (χ0v) is 33.3. The van der Waals surface area contributed by atoms with E-state index < -0.39 is 23.7 Å². The van der Waals surface area contributed by atoms with Crippen molar-refractivity contribution >= 4 is 68.0 Å². The van der Waals surface area contributed by atoms with E-state index in [1.54, 1.807) is 36.3 Å². The number of ether oxygens (including phenoxy) is 1. The summed E-state index contributed by atoms with van der Waals surface area (Å²) in [6, 6.07) is 18.8. The first kappa shape index (κ1) is 38.7. The molecule has 0 radical (unpaired) electrons.